The van der Waals surface area contributed by atoms with Crippen molar-refractivity contribution in [1.29, 1.82) is 0 Å². The van der Waals surface area contributed by atoms with E-state index in [1.807, 2.05) is 0 Å². The molecule has 0 fully saturated rings. The molecule has 3 rings (SSSR count). The largest absolute Gasteiger partial charge is 0.508 e. The number of aromatic nitrogens is 2. The zero-order chi connectivity index (χ0) is 17.1. The Hall–Kier alpha value is -3.35. The van der Waals surface area contributed by atoms with Crippen molar-refractivity contribution in [3.63, 3.8) is 0 Å². The topological polar surface area (TPSA) is 92.9 Å². The molecule has 0 spiro atoms. The number of rotatable bonds is 4. The van der Waals surface area contributed by atoms with E-state index in [-0.39, 0.29) is 23.7 Å². The van der Waals surface area contributed by atoms with E-state index in [0.29, 0.717) is 11.3 Å². The zero-order valence-corrected chi connectivity index (χ0v) is 12.9. The third kappa shape index (κ3) is 2.91. The fourth-order valence-electron chi connectivity index (χ4n) is 2.29. The summed E-state index contributed by atoms with van der Waals surface area (Å²) in [7, 11) is 0. The Balaban J connectivity index is 2.18. The second kappa shape index (κ2) is 6.41. The molecule has 7 heteroatoms. The minimum Gasteiger partial charge on any atom is -0.508 e. The Morgan fingerprint density at radius 3 is 2.88 bits per heavy atom. The molecule has 0 unspecified atom stereocenters. The SMILES string of the molecule is CCOC(=O)c1c(Nc2cccc(O)c2)nc2ccccn2c1=O. The molecule has 0 aliphatic rings. The van der Waals surface area contributed by atoms with Gasteiger partial charge in [-0.25, -0.2) is 9.78 Å². The number of nitrogens with one attached hydrogen (secondary N) is 1. The van der Waals surface area contributed by atoms with Gasteiger partial charge in [0.1, 0.15) is 11.4 Å². The van der Waals surface area contributed by atoms with Gasteiger partial charge < -0.3 is 15.2 Å². The molecule has 3 aromatic rings. The highest BCUT2D eigenvalue weighted by Crippen LogP contribution is 2.21. The van der Waals surface area contributed by atoms with Crippen molar-refractivity contribution in [2.75, 3.05) is 11.9 Å². The van der Waals surface area contributed by atoms with Crippen LogP contribution < -0.4 is 10.9 Å². The lowest BCUT2D eigenvalue weighted by atomic mass is 10.2. The van der Waals surface area contributed by atoms with Crippen molar-refractivity contribution >= 4 is 23.1 Å². The highest BCUT2D eigenvalue weighted by atomic mass is 16.5. The first-order chi connectivity index (χ1) is 11.6. The van der Waals surface area contributed by atoms with E-state index < -0.39 is 11.5 Å². The van der Waals surface area contributed by atoms with E-state index >= 15 is 0 Å². The van der Waals surface area contributed by atoms with Crippen LogP contribution in [0.5, 0.6) is 5.75 Å². The summed E-state index contributed by atoms with van der Waals surface area (Å²) in [5.41, 5.74) is 0.163. The average Bonchev–Trinajstić information content (AvgIpc) is 2.55. The Kier molecular flexibility index (Phi) is 4.15. The molecule has 1 aromatic carbocycles. The number of benzene rings is 1. The molecule has 2 aromatic heterocycles. The van der Waals surface area contributed by atoms with E-state index in [1.54, 1.807) is 37.3 Å². The van der Waals surface area contributed by atoms with Gasteiger partial charge in [-0.3, -0.25) is 9.20 Å². The van der Waals surface area contributed by atoms with E-state index in [2.05, 4.69) is 10.3 Å². The zero-order valence-electron chi connectivity index (χ0n) is 12.9. The Labute approximate surface area is 137 Å². The van der Waals surface area contributed by atoms with Gasteiger partial charge in [0.15, 0.2) is 11.4 Å². The maximum absolute atomic E-state index is 12.7. The van der Waals surface area contributed by atoms with Crippen molar-refractivity contribution in [2.45, 2.75) is 6.92 Å². The number of aromatic hydroxyl groups is 1. The van der Waals surface area contributed by atoms with Crippen LogP contribution in [-0.4, -0.2) is 27.1 Å². The number of carbonyl (C=O) groups is 1. The first-order valence-electron chi connectivity index (χ1n) is 7.34. The lowest BCUT2D eigenvalue weighted by Gasteiger charge is -2.12. The summed E-state index contributed by atoms with van der Waals surface area (Å²) < 4.78 is 6.26. The Bertz CT molecular complexity index is 965. The van der Waals surface area contributed by atoms with Crippen molar-refractivity contribution in [3.05, 3.63) is 64.6 Å². The molecule has 0 atom stereocenters. The van der Waals surface area contributed by atoms with E-state index in [4.69, 9.17) is 4.74 Å². The molecular weight excluding hydrogens is 310 g/mol. The molecule has 7 nitrogen and oxygen atoms in total. The summed E-state index contributed by atoms with van der Waals surface area (Å²) in [5, 5.41) is 12.5. The number of phenols is 1. The van der Waals surface area contributed by atoms with Crippen LogP contribution in [0.4, 0.5) is 11.5 Å². The first-order valence-corrected chi connectivity index (χ1v) is 7.34. The average molecular weight is 325 g/mol. The third-order valence-electron chi connectivity index (χ3n) is 3.32. The monoisotopic (exact) mass is 325 g/mol. The summed E-state index contributed by atoms with van der Waals surface area (Å²) in [6.45, 7) is 1.80. The number of hydrogen-bond donors (Lipinski definition) is 2. The number of esters is 1. The van der Waals surface area contributed by atoms with Gasteiger partial charge in [0.05, 0.1) is 6.61 Å². The quantitative estimate of drug-likeness (QED) is 0.715. The Morgan fingerprint density at radius 1 is 1.29 bits per heavy atom. The fraction of sp³-hybridized carbons (Fsp3) is 0.118. The van der Waals surface area contributed by atoms with Gasteiger partial charge in [0.2, 0.25) is 0 Å². The third-order valence-corrected chi connectivity index (χ3v) is 3.32. The van der Waals surface area contributed by atoms with Crippen LogP contribution in [0.2, 0.25) is 0 Å². The van der Waals surface area contributed by atoms with Crippen LogP contribution in [0.15, 0.2) is 53.5 Å². The van der Waals surface area contributed by atoms with Gasteiger partial charge in [0, 0.05) is 18.0 Å². The van der Waals surface area contributed by atoms with Gasteiger partial charge in [0.25, 0.3) is 5.56 Å². The van der Waals surface area contributed by atoms with Crippen molar-refractivity contribution < 1.29 is 14.6 Å². The van der Waals surface area contributed by atoms with Crippen LogP contribution in [0.1, 0.15) is 17.3 Å². The molecule has 0 amide bonds. The fourth-order valence-corrected chi connectivity index (χ4v) is 2.29. The van der Waals surface area contributed by atoms with Crippen molar-refractivity contribution in [3.8, 4) is 5.75 Å². The summed E-state index contributed by atoms with van der Waals surface area (Å²) >= 11 is 0. The smallest absolute Gasteiger partial charge is 0.347 e. The van der Waals surface area contributed by atoms with Crippen molar-refractivity contribution in [2.24, 2.45) is 0 Å². The predicted molar refractivity (Wildman–Crippen MR) is 88.8 cm³/mol. The highest BCUT2D eigenvalue weighted by molar-refractivity contribution is 5.95. The van der Waals surface area contributed by atoms with Crippen LogP contribution in [0.25, 0.3) is 5.65 Å². The molecule has 122 valence electrons. The molecule has 24 heavy (non-hydrogen) atoms. The van der Waals surface area contributed by atoms with E-state index in [1.165, 1.54) is 22.7 Å². The van der Waals surface area contributed by atoms with E-state index in [9.17, 15) is 14.7 Å². The molecule has 2 N–H and O–H groups in total. The molecule has 0 saturated carbocycles. The lowest BCUT2D eigenvalue weighted by Crippen LogP contribution is -2.26. The number of anilines is 2. The van der Waals surface area contributed by atoms with Gasteiger partial charge in [-0.1, -0.05) is 12.1 Å². The van der Waals surface area contributed by atoms with Gasteiger partial charge in [-0.2, -0.15) is 0 Å². The Morgan fingerprint density at radius 2 is 2.12 bits per heavy atom. The van der Waals surface area contributed by atoms with Crippen LogP contribution >= 0.6 is 0 Å². The van der Waals surface area contributed by atoms with E-state index in [0.717, 1.165) is 0 Å². The number of carbonyl (C=O) groups excluding carboxylic acids is 1. The molecule has 0 saturated heterocycles. The number of nitrogens with zero attached hydrogens (tertiary/aromatic N) is 2. The molecular formula is C17H15N3O4. The van der Waals surface area contributed by atoms with Gasteiger partial charge in [-0.15, -0.1) is 0 Å². The number of pyridine rings is 1. The normalized spacial score (nSPS) is 10.5. The maximum Gasteiger partial charge on any atom is 0.347 e. The summed E-state index contributed by atoms with van der Waals surface area (Å²) in [5.74, 6) is -0.624. The lowest BCUT2D eigenvalue weighted by molar-refractivity contribution is 0.0525. The first kappa shape index (κ1) is 15.5. The highest BCUT2D eigenvalue weighted by Gasteiger charge is 2.21. The standard InChI is InChI=1S/C17H15N3O4/c1-2-24-17(23)14-15(18-11-6-5-7-12(21)10-11)19-13-8-3-4-9-20(13)16(14)22/h3-10,18,21H,2H2,1H3. The van der Waals surface area contributed by atoms with Crippen LogP contribution in [-0.2, 0) is 4.74 Å². The summed E-state index contributed by atoms with van der Waals surface area (Å²) in [6.07, 6.45) is 1.53. The second-order valence-corrected chi connectivity index (χ2v) is 4.97. The molecule has 0 bridgehead atoms. The summed E-state index contributed by atoms with van der Waals surface area (Å²) in [6, 6.07) is 11.4. The molecule has 0 aliphatic heterocycles. The second-order valence-electron chi connectivity index (χ2n) is 4.97. The molecule has 2 heterocycles. The number of fused-ring (bicyclic) bond motifs is 1. The minimum atomic E-state index is -0.754. The molecule has 0 radical (unpaired) electrons. The summed E-state index contributed by atoms with van der Waals surface area (Å²) in [4.78, 5) is 29.2. The number of hydrogen-bond acceptors (Lipinski definition) is 6. The number of phenolic OH excluding ortho intramolecular Hbond substituents is 1. The van der Waals surface area contributed by atoms with Crippen LogP contribution in [0.3, 0.4) is 0 Å². The van der Waals surface area contributed by atoms with Crippen molar-refractivity contribution in [1.82, 2.24) is 9.38 Å². The number of ether oxygens (including phenoxy) is 1. The molecule has 0 aliphatic carbocycles. The maximum atomic E-state index is 12.7. The minimum absolute atomic E-state index is 0.0511. The van der Waals surface area contributed by atoms with Gasteiger partial charge in [-0.05, 0) is 31.2 Å². The predicted octanol–water partition coefficient (Wildman–Crippen LogP) is 2.32. The van der Waals surface area contributed by atoms with Gasteiger partial charge >= 0.3 is 5.97 Å². The van der Waals surface area contributed by atoms with Crippen LogP contribution in [0, 0.1) is 0 Å².